The molecule has 1 unspecified atom stereocenters. The van der Waals surface area contributed by atoms with Crippen LogP contribution in [0.5, 0.6) is 0 Å². The number of hydrogen-bond donors (Lipinski definition) is 3. The van der Waals surface area contributed by atoms with Crippen molar-refractivity contribution in [1.82, 2.24) is 0 Å². The number of nitrogen functional groups attached to an aromatic ring is 1. The van der Waals surface area contributed by atoms with Gasteiger partial charge in [0.05, 0.1) is 0 Å². The fourth-order valence-electron chi connectivity index (χ4n) is 1.08. The highest BCUT2D eigenvalue weighted by Crippen LogP contribution is 2.14. The largest absolute Gasteiger partial charge is 0.480 e. The standard InChI is InChI=1S/C9H11FN2O2/c10-6-2-1-5(7(11)4-6)3-8(12)9(13)14/h1-2,4,8H,3,11-12H2,(H,13,14). The third kappa shape index (κ3) is 2.43. The van der Waals surface area contributed by atoms with E-state index in [2.05, 4.69) is 0 Å². The number of benzene rings is 1. The molecule has 0 saturated carbocycles. The highest BCUT2D eigenvalue weighted by Gasteiger charge is 2.13. The molecular formula is C9H11FN2O2. The molecule has 1 aromatic carbocycles. The van der Waals surface area contributed by atoms with Crippen LogP contribution >= 0.6 is 0 Å². The molecule has 1 aromatic rings. The smallest absolute Gasteiger partial charge is 0.320 e. The van der Waals surface area contributed by atoms with Gasteiger partial charge in [-0.25, -0.2) is 4.39 Å². The Kier molecular flexibility index (Phi) is 3.03. The number of nitrogens with two attached hydrogens (primary N) is 2. The zero-order valence-corrected chi connectivity index (χ0v) is 7.40. The number of carboxylic acid groups (broad SMARTS) is 1. The van der Waals surface area contributed by atoms with Crippen LogP contribution in [0.4, 0.5) is 10.1 Å². The number of rotatable bonds is 3. The summed E-state index contributed by atoms with van der Waals surface area (Å²) >= 11 is 0. The van der Waals surface area contributed by atoms with Crippen LogP contribution in [0.3, 0.4) is 0 Å². The lowest BCUT2D eigenvalue weighted by atomic mass is 10.0. The van der Waals surface area contributed by atoms with Gasteiger partial charge >= 0.3 is 5.97 Å². The van der Waals surface area contributed by atoms with E-state index in [0.717, 1.165) is 6.07 Å². The summed E-state index contributed by atoms with van der Waals surface area (Å²) in [7, 11) is 0. The Labute approximate surface area is 80.3 Å². The van der Waals surface area contributed by atoms with E-state index in [1.54, 1.807) is 0 Å². The predicted molar refractivity (Wildman–Crippen MR) is 50.1 cm³/mol. The van der Waals surface area contributed by atoms with Gasteiger partial charge in [0, 0.05) is 12.1 Å². The molecule has 5 heteroatoms. The lowest BCUT2D eigenvalue weighted by Gasteiger charge is -2.08. The normalized spacial score (nSPS) is 12.4. The number of anilines is 1. The molecule has 0 aliphatic heterocycles. The zero-order chi connectivity index (χ0) is 10.7. The fraction of sp³-hybridized carbons (Fsp3) is 0.222. The second-order valence-corrected chi connectivity index (χ2v) is 2.99. The Hall–Kier alpha value is -1.62. The van der Waals surface area contributed by atoms with Crippen LogP contribution in [-0.4, -0.2) is 17.1 Å². The summed E-state index contributed by atoms with van der Waals surface area (Å²) < 4.78 is 12.6. The molecule has 0 aromatic heterocycles. The Bertz CT molecular complexity index is 355. The quantitative estimate of drug-likeness (QED) is 0.612. The average molecular weight is 198 g/mol. The fourth-order valence-corrected chi connectivity index (χ4v) is 1.08. The molecule has 0 fully saturated rings. The molecule has 5 N–H and O–H groups in total. The van der Waals surface area contributed by atoms with Crippen molar-refractivity contribution in [2.75, 3.05) is 5.73 Å². The minimum atomic E-state index is -1.10. The lowest BCUT2D eigenvalue weighted by molar-refractivity contribution is -0.138. The van der Waals surface area contributed by atoms with E-state index in [1.807, 2.05) is 0 Å². The first kappa shape index (κ1) is 10.5. The van der Waals surface area contributed by atoms with Crippen molar-refractivity contribution in [3.8, 4) is 0 Å². The molecule has 0 heterocycles. The molecular weight excluding hydrogens is 187 g/mol. The van der Waals surface area contributed by atoms with Gasteiger partial charge in [0.15, 0.2) is 0 Å². The first-order valence-corrected chi connectivity index (χ1v) is 4.03. The van der Waals surface area contributed by atoms with Gasteiger partial charge in [-0.1, -0.05) is 6.07 Å². The average Bonchev–Trinajstić information content (AvgIpc) is 2.09. The summed E-state index contributed by atoms with van der Waals surface area (Å²) in [6.45, 7) is 0. The molecule has 0 radical (unpaired) electrons. The molecule has 0 aliphatic carbocycles. The first-order chi connectivity index (χ1) is 6.50. The minimum absolute atomic E-state index is 0.0987. The summed E-state index contributed by atoms with van der Waals surface area (Å²) in [5.41, 5.74) is 11.6. The molecule has 1 atom stereocenters. The van der Waals surface area contributed by atoms with Crippen molar-refractivity contribution in [3.05, 3.63) is 29.6 Å². The second-order valence-electron chi connectivity index (χ2n) is 2.99. The lowest BCUT2D eigenvalue weighted by Crippen LogP contribution is -2.32. The number of halogens is 1. The Morgan fingerprint density at radius 3 is 2.71 bits per heavy atom. The summed E-state index contributed by atoms with van der Waals surface area (Å²) in [6, 6.07) is 2.79. The van der Waals surface area contributed by atoms with E-state index in [1.165, 1.54) is 12.1 Å². The van der Waals surface area contributed by atoms with Crippen LogP contribution in [0.2, 0.25) is 0 Å². The topological polar surface area (TPSA) is 89.3 Å². The Morgan fingerprint density at radius 1 is 1.57 bits per heavy atom. The summed E-state index contributed by atoms with van der Waals surface area (Å²) in [5.74, 6) is -1.55. The predicted octanol–water partition coefficient (Wildman–Crippen LogP) is 0.362. The summed E-state index contributed by atoms with van der Waals surface area (Å²) in [4.78, 5) is 10.4. The molecule has 14 heavy (non-hydrogen) atoms. The molecule has 0 amide bonds. The van der Waals surface area contributed by atoms with Crippen molar-refractivity contribution in [1.29, 1.82) is 0 Å². The van der Waals surface area contributed by atoms with Crippen LogP contribution in [0.1, 0.15) is 5.56 Å². The molecule has 4 nitrogen and oxygen atoms in total. The van der Waals surface area contributed by atoms with Gasteiger partial charge in [-0.15, -0.1) is 0 Å². The van der Waals surface area contributed by atoms with Gasteiger partial charge in [-0.05, 0) is 17.7 Å². The minimum Gasteiger partial charge on any atom is -0.480 e. The molecule has 0 spiro atoms. The van der Waals surface area contributed by atoms with Gasteiger partial charge in [-0.2, -0.15) is 0 Å². The highest BCUT2D eigenvalue weighted by molar-refractivity contribution is 5.74. The highest BCUT2D eigenvalue weighted by atomic mass is 19.1. The molecule has 76 valence electrons. The summed E-state index contributed by atoms with van der Waals surface area (Å²) in [6.07, 6.45) is 0.0987. The number of carbonyl (C=O) groups is 1. The molecule has 0 aliphatic rings. The van der Waals surface area contributed by atoms with E-state index in [0.29, 0.717) is 5.56 Å². The van der Waals surface area contributed by atoms with E-state index < -0.39 is 17.8 Å². The monoisotopic (exact) mass is 198 g/mol. The zero-order valence-electron chi connectivity index (χ0n) is 7.40. The first-order valence-electron chi connectivity index (χ1n) is 4.03. The maximum Gasteiger partial charge on any atom is 0.320 e. The van der Waals surface area contributed by atoms with Crippen molar-refractivity contribution in [3.63, 3.8) is 0 Å². The van der Waals surface area contributed by atoms with E-state index >= 15 is 0 Å². The Balaban J connectivity index is 2.82. The second kappa shape index (κ2) is 4.06. The van der Waals surface area contributed by atoms with Gasteiger partial charge in [0.2, 0.25) is 0 Å². The van der Waals surface area contributed by atoms with Gasteiger partial charge < -0.3 is 16.6 Å². The van der Waals surface area contributed by atoms with Crippen LogP contribution < -0.4 is 11.5 Å². The number of carboxylic acids is 1. The van der Waals surface area contributed by atoms with E-state index in [9.17, 15) is 9.18 Å². The third-order valence-electron chi connectivity index (χ3n) is 1.86. The van der Waals surface area contributed by atoms with E-state index in [-0.39, 0.29) is 12.1 Å². The van der Waals surface area contributed by atoms with Gasteiger partial charge in [0.25, 0.3) is 0 Å². The van der Waals surface area contributed by atoms with Crippen LogP contribution in [0, 0.1) is 5.82 Å². The maximum atomic E-state index is 12.6. The van der Waals surface area contributed by atoms with Gasteiger partial charge in [-0.3, -0.25) is 4.79 Å². The SMILES string of the molecule is Nc1cc(F)ccc1CC(N)C(=O)O. The van der Waals surface area contributed by atoms with Crippen molar-refractivity contribution in [2.24, 2.45) is 5.73 Å². The summed E-state index contributed by atoms with van der Waals surface area (Å²) in [5, 5.41) is 8.55. The number of hydrogen-bond acceptors (Lipinski definition) is 3. The van der Waals surface area contributed by atoms with Crippen LogP contribution in [-0.2, 0) is 11.2 Å². The number of aliphatic carboxylic acids is 1. The van der Waals surface area contributed by atoms with Crippen LogP contribution in [0.15, 0.2) is 18.2 Å². The van der Waals surface area contributed by atoms with Gasteiger partial charge in [0.1, 0.15) is 11.9 Å². The van der Waals surface area contributed by atoms with E-state index in [4.69, 9.17) is 16.6 Å². The Morgan fingerprint density at radius 2 is 2.21 bits per heavy atom. The molecule has 0 bridgehead atoms. The van der Waals surface area contributed by atoms with Crippen molar-refractivity contribution >= 4 is 11.7 Å². The molecule has 1 rings (SSSR count). The maximum absolute atomic E-state index is 12.6. The van der Waals surface area contributed by atoms with Crippen molar-refractivity contribution in [2.45, 2.75) is 12.5 Å². The van der Waals surface area contributed by atoms with Crippen LogP contribution in [0.25, 0.3) is 0 Å². The van der Waals surface area contributed by atoms with Crippen molar-refractivity contribution < 1.29 is 14.3 Å². The molecule has 0 saturated heterocycles. The third-order valence-corrected chi connectivity index (χ3v) is 1.86.